The van der Waals surface area contributed by atoms with E-state index in [4.69, 9.17) is 9.84 Å². The summed E-state index contributed by atoms with van der Waals surface area (Å²) in [5.41, 5.74) is 2.01. The molecule has 23 heavy (non-hydrogen) atoms. The van der Waals surface area contributed by atoms with Crippen LogP contribution in [-0.2, 0) is 9.53 Å². The van der Waals surface area contributed by atoms with Gasteiger partial charge in [0.05, 0.1) is 12.6 Å². The third kappa shape index (κ3) is 4.64. The molecule has 2 N–H and O–H groups in total. The Morgan fingerprint density at radius 3 is 2.74 bits per heavy atom. The fourth-order valence-electron chi connectivity index (χ4n) is 2.86. The maximum atomic E-state index is 11.9. The Hall–Kier alpha value is -1.69. The SMILES string of the molecule is CO[C@H](c1ccc(N2CCNCC2=O)cc1)[C@H](C)/C=C/CCO. The van der Waals surface area contributed by atoms with Crippen molar-refractivity contribution < 1.29 is 14.6 Å². The molecule has 0 unspecified atom stereocenters. The van der Waals surface area contributed by atoms with Crippen LogP contribution >= 0.6 is 0 Å². The van der Waals surface area contributed by atoms with Crippen LogP contribution < -0.4 is 10.2 Å². The number of nitrogens with zero attached hydrogens (tertiary/aromatic N) is 1. The zero-order valence-corrected chi connectivity index (χ0v) is 13.9. The molecule has 5 heteroatoms. The first-order chi connectivity index (χ1) is 11.2. The minimum absolute atomic E-state index is 0.0438. The fraction of sp³-hybridized carbons (Fsp3) is 0.500. The highest BCUT2D eigenvalue weighted by Crippen LogP contribution is 2.28. The molecular formula is C18H26N2O3. The molecule has 1 aromatic rings. The molecule has 2 rings (SSSR count). The second-order valence-electron chi connectivity index (χ2n) is 5.77. The van der Waals surface area contributed by atoms with Crippen molar-refractivity contribution >= 4 is 11.6 Å². The van der Waals surface area contributed by atoms with Crippen LogP contribution in [0.1, 0.15) is 25.0 Å². The summed E-state index contributed by atoms with van der Waals surface area (Å²) < 4.78 is 5.63. The van der Waals surface area contributed by atoms with Gasteiger partial charge in [0.2, 0.25) is 5.91 Å². The Balaban J connectivity index is 2.08. The first-order valence-corrected chi connectivity index (χ1v) is 8.08. The van der Waals surface area contributed by atoms with Gasteiger partial charge in [-0.2, -0.15) is 0 Å². The number of methoxy groups -OCH3 is 1. The first-order valence-electron chi connectivity index (χ1n) is 8.08. The number of aliphatic hydroxyl groups is 1. The van der Waals surface area contributed by atoms with Gasteiger partial charge in [0.15, 0.2) is 0 Å². The molecule has 0 saturated carbocycles. The Labute approximate surface area is 137 Å². The molecule has 1 heterocycles. The molecule has 0 aliphatic carbocycles. The summed E-state index contributed by atoms with van der Waals surface area (Å²) in [5, 5.41) is 11.9. The lowest BCUT2D eigenvalue weighted by molar-refractivity contribution is -0.118. The Kier molecular flexibility index (Phi) is 6.77. The van der Waals surface area contributed by atoms with Crippen LogP contribution in [0.15, 0.2) is 36.4 Å². The fourth-order valence-corrected chi connectivity index (χ4v) is 2.86. The van der Waals surface area contributed by atoms with Gasteiger partial charge in [-0.15, -0.1) is 0 Å². The number of amides is 1. The summed E-state index contributed by atoms with van der Waals surface area (Å²) in [5.74, 6) is 0.311. The Morgan fingerprint density at radius 1 is 1.39 bits per heavy atom. The van der Waals surface area contributed by atoms with Crippen molar-refractivity contribution in [3.8, 4) is 0 Å². The normalized spacial score (nSPS) is 18.4. The van der Waals surface area contributed by atoms with Crippen LogP contribution in [0.4, 0.5) is 5.69 Å². The first kappa shape index (κ1) is 17.7. The van der Waals surface area contributed by atoms with Crippen molar-refractivity contribution in [3.05, 3.63) is 42.0 Å². The van der Waals surface area contributed by atoms with Gasteiger partial charge in [0.25, 0.3) is 0 Å². The van der Waals surface area contributed by atoms with E-state index in [1.807, 2.05) is 35.2 Å². The van der Waals surface area contributed by atoms with Gasteiger partial charge >= 0.3 is 0 Å². The van der Waals surface area contributed by atoms with E-state index in [0.717, 1.165) is 17.8 Å². The highest BCUT2D eigenvalue weighted by molar-refractivity contribution is 5.95. The smallest absolute Gasteiger partial charge is 0.240 e. The minimum Gasteiger partial charge on any atom is -0.396 e. The highest BCUT2D eigenvalue weighted by Gasteiger charge is 2.21. The van der Waals surface area contributed by atoms with Crippen LogP contribution in [0.5, 0.6) is 0 Å². The lowest BCUT2D eigenvalue weighted by Crippen LogP contribution is -2.48. The third-order valence-electron chi connectivity index (χ3n) is 4.09. The quantitative estimate of drug-likeness (QED) is 0.754. The zero-order valence-electron chi connectivity index (χ0n) is 13.9. The lowest BCUT2D eigenvalue weighted by Gasteiger charge is -2.28. The number of rotatable bonds is 7. The maximum absolute atomic E-state index is 11.9. The molecule has 126 valence electrons. The molecule has 0 spiro atoms. The van der Waals surface area contributed by atoms with Crippen molar-refractivity contribution in [2.45, 2.75) is 19.4 Å². The summed E-state index contributed by atoms with van der Waals surface area (Å²) >= 11 is 0. The summed E-state index contributed by atoms with van der Waals surface area (Å²) in [4.78, 5) is 13.7. The number of hydrogen-bond acceptors (Lipinski definition) is 4. The van der Waals surface area contributed by atoms with Crippen molar-refractivity contribution in [2.24, 2.45) is 5.92 Å². The highest BCUT2D eigenvalue weighted by atomic mass is 16.5. The average Bonchev–Trinajstić information content (AvgIpc) is 2.57. The van der Waals surface area contributed by atoms with E-state index >= 15 is 0 Å². The Bertz CT molecular complexity index is 528. The molecule has 0 bridgehead atoms. The van der Waals surface area contributed by atoms with Crippen LogP contribution in [0.3, 0.4) is 0 Å². The lowest BCUT2D eigenvalue weighted by atomic mass is 9.96. The molecule has 1 fully saturated rings. The largest absolute Gasteiger partial charge is 0.396 e. The predicted octanol–water partition coefficient (Wildman–Crippen LogP) is 1.89. The van der Waals surface area contributed by atoms with Gasteiger partial charge < -0.3 is 20.1 Å². The van der Waals surface area contributed by atoms with Crippen molar-refractivity contribution in [1.82, 2.24) is 5.32 Å². The Morgan fingerprint density at radius 2 is 2.13 bits per heavy atom. The molecule has 0 radical (unpaired) electrons. The average molecular weight is 318 g/mol. The number of ether oxygens (including phenoxy) is 1. The van der Waals surface area contributed by atoms with Gasteiger partial charge in [-0.3, -0.25) is 4.79 Å². The van der Waals surface area contributed by atoms with Gasteiger partial charge in [0.1, 0.15) is 0 Å². The summed E-state index contributed by atoms with van der Waals surface area (Å²) in [6, 6.07) is 8.01. The molecule has 1 aliphatic heterocycles. The number of carbonyl (C=O) groups is 1. The number of aliphatic hydroxyl groups excluding tert-OH is 1. The molecule has 1 saturated heterocycles. The van der Waals surface area contributed by atoms with Crippen molar-refractivity contribution in [1.29, 1.82) is 0 Å². The number of anilines is 1. The molecule has 1 aliphatic rings. The van der Waals surface area contributed by atoms with Crippen LogP contribution in [-0.4, -0.2) is 44.4 Å². The van der Waals surface area contributed by atoms with E-state index in [0.29, 0.717) is 19.5 Å². The van der Waals surface area contributed by atoms with E-state index in [-0.39, 0.29) is 24.5 Å². The number of benzene rings is 1. The zero-order chi connectivity index (χ0) is 16.7. The molecule has 5 nitrogen and oxygen atoms in total. The maximum Gasteiger partial charge on any atom is 0.240 e. The molecule has 1 aromatic carbocycles. The van der Waals surface area contributed by atoms with E-state index in [1.54, 1.807) is 7.11 Å². The number of nitrogens with one attached hydrogen (secondary N) is 1. The van der Waals surface area contributed by atoms with Crippen LogP contribution in [0, 0.1) is 5.92 Å². The summed E-state index contributed by atoms with van der Waals surface area (Å²) in [6.07, 6.45) is 4.66. The number of carbonyl (C=O) groups excluding carboxylic acids is 1. The number of hydrogen-bond donors (Lipinski definition) is 2. The molecular weight excluding hydrogens is 292 g/mol. The predicted molar refractivity (Wildman–Crippen MR) is 91.4 cm³/mol. The van der Waals surface area contributed by atoms with Gasteiger partial charge in [-0.05, 0) is 24.1 Å². The van der Waals surface area contributed by atoms with Crippen LogP contribution in [0.2, 0.25) is 0 Å². The van der Waals surface area contributed by atoms with Gasteiger partial charge in [-0.1, -0.05) is 31.2 Å². The second-order valence-corrected chi connectivity index (χ2v) is 5.77. The van der Waals surface area contributed by atoms with Crippen LogP contribution in [0.25, 0.3) is 0 Å². The minimum atomic E-state index is -0.0438. The molecule has 0 aromatic heterocycles. The molecule has 2 atom stereocenters. The van der Waals surface area contributed by atoms with Crippen molar-refractivity contribution in [2.75, 3.05) is 38.3 Å². The van der Waals surface area contributed by atoms with E-state index in [1.165, 1.54) is 0 Å². The van der Waals surface area contributed by atoms with E-state index in [9.17, 15) is 4.79 Å². The van der Waals surface area contributed by atoms with E-state index in [2.05, 4.69) is 18.3 Å². The van der Waals surface area contributed by atoms with Gasteiger partial charge in [0, 0.05) is 38.4 Å². The third-order valence-corrected chi connectivity index (χ3v) is 4.09. The summed E-state index contributed by atoms with van der Waals surface area (Å²) in [6.45, 7) is 4.17. The van der Waals surface area contributed by atoms with Crippen molar-refractivity contribution in [3.63, 3.8) is 0 Å². The molecule has 1 amide bonds. The topological polar surface area (TPSA) is 61.8 Å². The summed E-state index contributed by atoms with van der Waals surface area (Å²) in [7, 11) is 1.70. The van der Waals surface area contributed by atoms with Gasteiger partial charge in [-0.25, -0.2) is 0 Å². The number of piperazine rings is 1. The monoisotopic (exact) mass is 318 g/mol. The second kappa shape index (κ2) is 8.82. The van der Waals surface area contributed by atoms with E-state index < -0.39 is 0 Å². The standard InChI is InChI=1S/C18H26N2O3/c1-14(5-3-4-12-21)18(23-2)15-6-8-16(9-7-15)20-11-10-19-13-17(20)22/h3,5-9,14,18-19,21H,4,10-13H2,1-2H3/b5-3+/t14-,18+/m1/s1.